The molecule has 0 bridgehead atoms. The lowest BCUT2D eigenvalue weighted by atomic mass is 10.1. The van der Waals surface area contributed by atoms with Gasteiger partial charge in [0.2, 0.25) is 0 Å². The molecular weight excluding hydrogens is 237 g/mol. The fourth-order valence-electron chi connectivity index (χ4n) is 1.88. The number of carbonyl (C=O) groups is 1. The molecule has 2 N–H and O–H groups in total. The average molecular weight is 249 g/mol. The number of nitrogens with one attached hydrogen (secondary N) is 1. The third-order valence-electron chi connectivity index (χ3n) is 2.89. The molecule has 0 saturated carbocycles. The quantitative estimate of drug-likeness (QED) is 0.842. The third-order valence-corrected chi connectivity index (χ3v) is 2.89. The summed E-state index contributed by atoms with van der Waals surface area (Å²) in [6.45, 7) is 0.392. The Labute approximate surface area is 103 Å². The summed E-state index contributed by atoms with van der Waals surface area (Å²) < 4.78 is 13.8. The third kappa shape index (κ3) is 2.00. The maximum absolute atomic E-state index is 13.8. The number of benzene rings is 1. The molecule has 94 valence electrons. The minimum Gasteiger partial charge on any atom is -0.378 e. The highest BCUT2D eigenvalue weighted by Gasteiger charge is 2.30. The van der Waals surface area contributed by atoms with Crippen LogP contribution in [0.4, 0.5) is 15.8 Å². The number of halogens is 1. The van der Waals surface area contributed by atoms with Crippen LogP contribution in [0.2, 0.25) is 0 Å². The Morgan fingerprint density at radius 3 is 3.00 bits per heavy atom. The molecule has 0 aliphatic carbocycles. The van der Waals surface area contributed by atoms with E-state index >= 15 is 0 Å². The van der Waals surface area contributed by atoms with Gasteiger partial charge in [-0.25, -0.2) is 4.39 Å². The molecule has 0 radical (unpaired) electrons. The predicted octanol–water partition coefficient (Wildman–Crippen LogP) is 1.16. The number of nitriles is 1. The number of hydrogen-bond donors (Lipinski definition) is 2. The molecule has 1 aromatic rings. The van der Waals surface area contributed by atoms with E-state index in [-0.39, 0.29) is 12.0 Å². The number of hydrogen-bond acceptors (Lipinski definition) is 4. The van der Waals surface area contributed by atoms with E-state index in [1.807, 2.05) is 6.07 Å². The Morgan fingerprint density at radius 2 is 2.33 bits per heavy atom. The molecule has 1 amide bonds. The van der Waals surface area contributed by atoms with E-state index in [0.29, 0.717) is 17.9 Å². The van der Waals surface area contributed by atoms with E-state index in [1.54, 1.807) is 11.9 Å². The summed E-state index contributed by atoms with van der Waals surface area (Å²) in [6.07, 6.45) is -1.03. The van der Waals surface area contributed by atoms with Crippen molar-refractivity contribution in [3.8, 4) is 6.07 Å². The topological polar surface area (TPSA) is 76.4 Å². The highest BCUT2D eigenvalue weighted by atomic mass is 19.1. The van der Waals surface area contributed by atoms with Crippen LogP contribution in [-0.4, -0.2) is 24.6 Å². The summed E-state index contributed by atoms with van der Waals surface area (Å²) in [7, 11) is 1.66. The van der Waals surface area contributed by atoms with Gasteiger partial charge in [-0.05, 0) is 12.1 Å². The molecule has 1 aromatic carbocycles. The van der Waals surface area contributed by atoms with Crippen molar-refractivity contribution in [1.29, 1.82) is 5.26 Å². The number of anilines is 2. The van der Waals surface area contributed by atoms with Crippen LogP contribution in [0.1, 0.15) is 18.1 Å². The normalized spacial score (nSPS) is 17.0. The number of amides is 1. The summed E-state index contributed by atoms with van der Waals surface area (Å²) in [5, 5.41) is 20.5. The molecule has 1 atom stereocenters. The number of aliphatic hydroxyl groups excluding tert-OH is 1. The second-order valence-electron chi connectivity index (χ2n) is 4.11. The number of rotatable bonds is 3. The first kappa shape index (κ1) is 12.3. The Balaban J connectivity index is 2.33. The average Bonchev–Trinajstić information content (AvgIpc) is 2.62. The molecule has 5 nitrogen and oxygen atoms in total. The van der Waals surface area contributed by atoms with Crippen molar-refractivity contribution in [2.45, 2.75) is 12.5 Å². The summed E-state index contributed by atoms with van der Waals surface area (Å²) in [5.74, 6) is -1.08. The first-order valence-electron chi connectivity index (χ1n) is 5.45. The van der Waals surface area contributed by atoms with Crippen molar-refractivity contribution >= 4 is 17.3 Å². The summed E-state index contributed by atoms with van der Waals surface area (Å²) in [6, 6.07) is 4.60. The van der Waals surface area contributed by atoms with Gasteiger partial charge in [0.15, 0.2) is 6.10 Å². The van der Waals surface area contributed by atoms with Gasteiger partial charge in [0.05, 0.1) is 18.2 Å². The summed E-state index contributed by atoms with van der Waals surface area (Å²) in [4.78, 5) is 12.8. The standard InChI is InChI=1S/C12H12FN3O2/c1-16(4-2-3-14)10-6-9-7(5-8(10)13)11(17)12(18)15-9/h5-6,11,17H,2,4H2,1H3,(H,15,18). The van der Waals surface area contributed by atoms with Gasteiger partial charge in [-0.1, -0.05) is 0 Å². The number of fused-ring (bicyclic) bond motifs is 1. The molecule has 0 aromatic heterocycles. The van der Waals surface area contributed by atoms with Crippen molar-refractivity contribution in [3.05, 3.63) is 23.5 Å². The van der Waals surface area contributed by atoms with Gasteiger partial charge in [0.25, 0.3) is 5.91 Å². The monoisotopic (exact) mass is 249 g/mol. The van der Waals surface area contributed by atoms with Crippen molar-refractivity contribution in [2.75, 3.05) is 23.8 Å². The first-order valence-corrected chi connectivity index (χ1v) is 5.45. The van der Waals surface area contributed by atoms with Crippen LogP contribution < -0.4 is 10.2 Å². The van der Waals surface area contributed by atoms with Gasteiger partial charge in [0.1, 0.15) is 5.82 Å². The van der Waals surface area contributed by atoms with Crippen LogP contribution in [0.3, 0.4) is 0 Å². The van der Waals surface area contributed by atoms with Gasteiger partial charge in [-0.2, -0.15) is 5.26 Å². The molecule has 18 heavy (non-hydrogen) atoms. The van der Waals surface area contributed by atoms with Gasteiger partial charge in [0, 0.05) is 24.8 Å². The van der Waals surface area contributed by atoms with Crippen LogP contribution in [0.5, 0.6) is 0 Å². The van der Waals surface area contributed by atoms with Crippen molar-refractivity contribution in [3.63, 3.8) is 0 Å². The molecule has 0 saturated heterocycles. The minimum atomic E-state index is -1.31. The first-order chi connectivity index (χ1) is 8.54. The lowest BCUT2D eigenvalue weighted by Gasteiger charge is -2.19. The highest BCUT2D eigenvalue weighted by molar-refractivity contribution is 6.02. The lowest BCUT2D eigenvalue weighted by molar-refractivity contribution is -0.123. The van der Waals surface area contributed by atoms with Gasteiger partial charge in [-0.15, -0.1) is 0 Å². The van der Waals surface area contributed by atoms with E-state index in [1.165, 1.54) is 6.07 Å². The summed E-state index contributed by atoms with van der Waals surface area (Å²) >= 11 is 0. The van der Waals surface area contributed by atoms with Crippen LogP contribution in [0, 0.1) is 17.1 Å². The Morgan fingerprint density at radius 1 is 1.61 bits per heavy atom. The SMILES string of the molecule is CN(CCC#N)c1cc2c(cc1F)C(O)C(=O)N2. The molecule has 0 spiro atoms. The number of aliphatic hydroxyl groups is 1. The van der Waals surface area contributed by atoms with Gasteiger partial charge < -0.3 is 15.3 Å². The number of nitrogens with zero attached hydrogens (tertiary/aromatic N) is 2. The van der Waals surface area contributed by atoms with E-state index in [4.69, 9.17) is 5.26 Å². The van der Waals surface area contributed by atoms with Crippen LogP contribution in [-0.2, 0) is 4.79 Å². The van der Waals surface area contributed by atoms with E-state index in [0.717, 1.165) is 6.07 Å². The van der Waals surface area contributed by atoms with Crippen LogP contribution >= 0.6 is 0 Å². The molecule has 0 fully saturated rings. The Hall–Kier alpha value is -2.13. The highest BCUT2D eigenvalue weighted by Crippen LogP contribution is 2.35. The van der Waals surface area contributed by atoms with Gasteiger partial charge in [-0.3, -0.25) is 4.79 Å². The maximum Gasteiger partial charge on any atom is 0.257 e. The van der Waals surface area contributed by atoms with Crippen LogP contribution in [0.15, 0.2) is 12.1 Å². The van der Waals surface area contributed by atoms with Crippen molar-refractivity contribution in [2.24, 2.45) is 0 Å². The molecular formula is C12H12FN3O2. The maximum atomic E-state index is 13.8. The second-order valence-corrected chi connectivity index (χ2v) is 4.11. The van der Waals surface area contributed by atoms with E-state index in [2.05, 4.69) is 5.32 Å². The minimum absolute atomic E-state index is 0.245. The smallest absolute Gasteiger partial charge is 0.257 e. The van der Waals surface area contributed by atoms with Crippen molar-refractivity contribution < 1.29 is 14.3 Å². The Bertz CT molecular complexity index is 539. The molecule has 1 aliphatic rings. The zero-order chi connectivity index (χ0) is 13.3. The Kier molecular flexibility index (Phi) is 3.17. The fourth-order valence-corrected chi connectivity index (χ4v) is 1.88. The lowest BCUT2D eigenvalue weighted by Crippen LogP contribution is -2.19. The molecule has 2 rings (SSSR count). The largest absolute Gasteiger partial charge is 0.378 e. The predicted molar refractivity (Wildman–Crippen MR) is 63.5 cm³/mol. The zero-order valence-electron chi connectivity index (χ0n) is 9.77. The second kappa shape index (κ2) is 4.63. The van der Waals surface area contributed by atoms with Crippen LogP contribution in [0.25, 0.3) is 0 Å². The molecule has 6 heteroatoms. The number of carbonyl (C=O) groups excluding carboxylic acids is 1. The van der Waals surface area contributed by atoms with Crippen molar-refractivity contribution in [1.82, 2.24) is 0 Å². The molecule has 1 unspecified atom stereocenters. The van der Waals surface area contributed by atoms with E-state index < -0.39 is 17.8 Å². The van der Waals surface area contributed by atoms with Gasteiger partial charge >= 0.3 is 0 Å². The fraction of sp³-hybridized carbons (Fsp3) is 0.333. The zero-order valence-corrected chi connectivity index (χ0v) is 9.77. The molecule has 1 aliphatic heterocycles. The molecule has 1 heterocycles. The summed E-state index contributed by atoms with van der Waals surface area (Å²) in [5.41, 5.74) is 0.945. The van der Waals surface area contributed by atoms with E-state index in [9.17, 15) is 14.3 Å².